The number of amides is 1. The monoisotopic (exact) mass is 241 g/mol. The molecule has 3 nitrogen and oxygen atoms in total. The van der Waals surface area contributed by atoms with E-state index in [9.17, 15) is 4.79 Å². The highest BCUT2D eigenvalue weighted by molar-refractivity contribution is 6.06. The quantitative estimate of drug-likeness (QED) is 0.895. The third kappa shape index (κ3) is 2.69. The molecule has 0 saturated heterocycles. The molecule has 2 rings (SSSR count). The fraction of sp³-hybridized carbons (Fsp3) is 0.133. The number of para-hydroxylation sites is 1. The number of methoxy groups -OCH3 is 1. The van der Waals surface area contributed by atoms with Crippen LogP contribution in [0.3, 0.4) is 0 Å². The number of carbonyl (C=O) groups is 1. The van der Waals surface area contributed by atoms with E-state index in [2.05, 4.69) is 5.32 Å². The van der Waals surface area contributed by atoms with E-state index in [1.165, 1.54) is 0 Å². The number of nitrogens with one attached hydrogen (secondary N) is 1. The molecule has 0 unspecified atom stereocenters. The first-order chi connectivity index (χ1) is 8.70. The van der Waals surface area contributed by atoms with Gasteiger partial charge < -0.3 is 10.1 Å². The van der Waals surface area contributed by atoms with E-state index < -0.39 is 0 Å². The minimum Gasteiger partial charge on any atom is -0.496 e. The van der Waals surface area contributed by atoms with Crippen molar-refractivity contribution in [3.8, 4) is 5.75 Å². The van der Waals surface area contributed by atoms with Gasteiger partial charge in [0.1, 0.15) is 5.75 Å². The molecule has 0 bridgehead atoms. The molecule has 92 valence electrons. The molecule has 0 saturated carbocycles. The molecule has 0 fully saturated rings. The molecule has 2 aromatic rings. The van der Waals surface area contributed by atoms with Gasteiger partial charge in [0, 0.05) is 5.69 Å². The van der Waals surface area contributed by atoms with Gasteiger partial charge in [-0.2, -0.15) is 0 Å². The number of anilines is 1. The Balaban J connectivity index is 2.24. The molecule has 0 aliphatic carbocycles. The molecule has 2 aromatic carbocycles. The smallest absolute Gasteiger partial charge is 0.259 e. The molecule has 0 aliphatic heterocycles. The molecule has 0 aliphatic rings. The maximum absolute atomic E-state index is 12.1. The standard InChI is InChI=1S/C15H15NO2/c1-11-8-9-13(14(10-11)18-2)15(17)16-12-6-4-3-5-7-12/h3-10H,1-2H3,(H,16,17). The third-order valence-corrected chi connectivity index (χ3v) is 2.63. The zero-order chi connectivity index (χ0) is 13.0. The fourth-order valence-electron chi connectivity index (χ4n) is 1.71. The normalized spacial score (nSPS) is 9.89. The van der Waals surface area contributed by atoms with E-state index in [-0.39, 0.29) is 5.91 Å². The van der Waals surface area contributed by atoms with Gasteiger partial charge in [0.25, 0.3) is 5.91 Å². The van der Waals surface area contributed by atoms with Crippen molar-refractivity contribution in [2.45, 2.75) is 6.92 Å². The molecule has 18 heavy (non-hydrogen) atoms. The van der Waals surface area contributed by atoms with Crippen molar-refractivity contribution in [2.24, 2.45) is 0 Å². The highest BCUT2D eigenvalue weighted by Gasteiger charge is 2.12. The van der Waals surface area contributed by atoms with Gasteiger partial charge in [-0.3, -0.25) is 4.79 Å². The van der Waals surface area contributed by atoms with Crippen LogP contribution in [0.15, 0.2) is 48.5 Å². The SMILES string of the molecule is COc1cc(C)ccc1C(=O)Nc1ccccc1. The lowest BCUT2D eigenvalue weighted by Crippen LogP contribution is -2.13. The van der Waals surface area contributed by atoms with Crippen LogP contribution in [0.4, 0.5) is 5.69 Å². The van der Waals surface area contributed by atoms with Crippen LogP contribution in [0.25, 0.3) is 0 Å². The van der Waals surface area contributed by atoms with Crippen LogP contribution in [-0.4, -0.2) is 13.0 Å². The summed E-state index contributed by atoms with van der Waals surface area (Å²) in [7, 11) is 1.56. The Labute approximate surface area is 106 Å². The first-order valence-corrected chi connectivity index (χ1v) is 5.72. The van der Waals surface area contributed by atoms with Crippen molar-refractivity contribution < 1.29 is 9.53 Å². The largest absolute Gasteiger partial charge is 0.496 e. The average Bonchev–Trinajstić information content (AvgIpc) is 2.39. The Morgan fingerprint density at radius 1 is 1.11 bits per heavy atom. The maximum Gasteiger partial charge on any atom is 0.259 e. The van der Waals surface area contributed by atoms with E-state index in [1.54, 1.807) is 13.2 Å². The van der Waals surface area contributed by atoms with E-state index in [4.69, 9.17) is 4.74 Å². The lowest BCUT2D eigenvalue weighted by atomic mass is 10.1. The highest BCUT2D eigenvalue weighted by Crippen LogP contribution is 2.21. The van der Waals surface area contributed by atoms with Gasteiger partial charge in [0.15, 0.2) is 0 Å². The predicted octanol–water partition coefficient (Wildman–Crippen LogP) is 3.26. The van der Waals surface area contributed by atoms with Crippen molar-refractivity contribution in [2.75, 3.05) is 12.4 Å². The molecule has 3 heteroatoms. The second-order valence-electron chi connectivity index (χ2n) is 4.02. The molecular formula is C15H15NO2. The molecule has 0 heterocycles. The van der Waals surface area contributed by atoms with Crippen molar-refractivity contribution >= 4 is 11.6 Å². The molecular weight excluding hydrogens is 226 g/mol. The molecule has 1 amide bonds. The number of hydrogen-bond acceptors (Lipinski definition) is 2. The van der Waals surface area contributed by atoms with Gasteiger partial charge in [0.2, 0.25) is 0 Å². The van der Waals surface area contributed by atoms with Crippen molar-refractivity contribution in [1.82, 2.24) is 0 Å². The third-order valence-electron chi connectivity index (χ3n) is 2.63. The molecule has 0 radical (unpaired) electrons. The van der Waals surface area contributed by atoms with E-state index in [1.807, 2.05) is 49.4 Å². The number of ether oxygens (including phenoxy) is 1. The van der Waals surface area contributed by atoms with Gasteiger partial charge in [-0.25, -0.2) is 0 Å². The summed E-state index contributed by atoms with van der Waals surface area (Å²) in [5.41, 5.74) is 2.36. The zero-order valence-corrected chi connectivity index (χ0v) is 10.4. The number of rotatable bonds is 3. The van der Waals surface area contributed by atoms with E-state index >= 15 is 0 Å². The summed E-state index contributed by atoms with van der Waals surface area (Å²) in [6, 6.07) is 14.9. The second kappa shape index (κ2) is 5.36. The van der Waals surface area contributed by atoms with Gasteiger partial charge >= 0.3 is 0 Å². The first kappa shape index (κ1) is 12.2. The maximum atomic E-state index is 12.1. The lowest BCUT2D eigenvalue weighted by molar-refractivity contribution is 0.102. The van der Waals surface area contributed by atoms with Gasteiger partial charge in [0.05, 0.1) is 12.7 Å². The summed E-state index contributed by atoms with van der Waals surface area (Å²) in [6.07, 6.45) is 0. The first-order valence-electron chi connectivity index (χ1n) is 5.72. The Morgan fingerprint density at radius 3 is 2.50 bits per heavy atom. The van der Waals surface area contributed by atoms with Crippen LogP contribution < -0.4 is 10.1 Å². The lowest BCUT2D eigenvalue weighted by Gasteiger charge is -2.10. The van der Waals surface area contributed by atoms with E-state index in [0.717, 1.165) is 11.3 Å². The summed E-state index contributed by atoms with van der Waals surface area (Å²) in [6.45, 7) is 1.96. The van der Waals surface area contributed by atoms with Gasteiger partial charge in [-0.1, -0.05) is 24.3 Å². The molecule has 0 spiro atoms. The summed E-state index contributed by atoms with van der Waals surface area (Å²) >= 11 is 0. The van der Waals surface area contributed by atoms with Crippen LogP contribution in [0.2, 0.25) is 0 Å². The number of hydrogen-bond donors (Lipinski definition) is 1. The van der Waals surface area contributed by atoms with Crippen LogP contribution in [0.5, 0.6) is 5.75 Å². The van der Waals surface area contributed by atoms with E-state index in [0.29, 0.717) is 11.3 Å². The second-order valence-corrected chi connectivity index (χ2v) is 4.02. The Morgan fingerprint density at radius 2 is 1.83 bits per heavy atom. The summed E-state index contributed by atoms with van der Waals surface area (Å²) in [5.74, 6) is 0.418. The molecule has 0 atom stereocenters. The number of benzene rings is 2. The van der Waals surface area contributed by atoms with Crippen molar-refractivity contribution in [1.29, 1.82) is 0 Å². The predicted molar refractivity (Wildman–Crippen MR) is 72.1 cm³/mol. The van der Waals surface area contributed by atoms with Gasteiger partial charge in [-0.15, -0.1) is 0 Å². The topological polar surface area (TPSA) is 38.3 Å². The summed E-state index contributed by atoms with van der Waals surface area (Å²) in [4.78, 5) is 12.1. The Hall–Kier alpha value is -2.29. The fourth-order valence-corrected chi connectivity index (χ4v) is 1.71. The Kier molecular flexibility index (Phi) is 3.63. The summed E-state index contributed by atoms with van der Waals surface area (Å²) < 4.78 is 5.22. The van der Waals surface area contributed by atoms with Crippen LogP contribution in [0, 0.1) is 6.92 Å². The van der Waals surface area contributed by atoms with Crippen LogP contribution in [0.1, 0.15) is 15.9 Å². The minimum atomic E-state index is -0.168. The number of carbonyl (C=O) groups excluding carboxylic acids is 1. The average molecular weight is 241 g/mol. The zero-order valence-electron chi connectivity index (χ0n) is 10.4. The molecule has 0 aromatic heterocycles. The summed E-state index contributed by atoms with van der Waals surface area (Å²) in [5, 5.41) is 2.83. The van der Waals surface area contributed by atoms with Crippen LogP contribution >= 0.6 is 0 Å². The molecule has 1 N–H and O–H groups in total. The van der Waals surface area contributed by atoms with Crippen molar-refractivity contribution in [3.63, 3.8) is 0 Å². The minimum absolute atomic E-state index is 0.168. The van der Waals surface area contributed by atoms with Crippen molar-refractivity contribution in [3.05, 3.63) is 59.7 Å². The Bertz CT molecular complexity index is 550. The number of aryl methyl sites for hydroxylation is 1. The van der Waals surface area contributed by atoms with Gasteiger partial charge in [-0.05, 0) is 36.8 Å². The highest BCUT2D eigenvalue weighted by atomic mass is 16.5. The van der Waals surface area contributed by atoms with Crippen LogP contribution in [-0.2, 0) is 0 Å².